The summed E-state index contributed by atoms with van der Waals surface area (Å²) in [6.45, 7) is 1.44. The largest absolute Gasteiger partial charge is 0.432 e. The van der Waals surface area contributed by atoms with Crippen LogP contribution in [0.3, 0.4) is 0 Å². The molecule has 0 saturated carbocycles. The number of hydrogen-bond donors (Lipinski definition) is 3. The second-order valence-corrected chi connectivity index (χ2v) is 6.17. The SMILES string of the molecule is O=C(NC(=NCC1CCOC1)Nc1cc(C(F)(F)F)[nH]n1)c1ccc(F)cc1. The molecule has 3 rings (SSSR count). The van der Waals surface area contributed by atoms with Gasteiger partial charge in [-0.25, -0.2) is 4.39 Å². The van der Waals surface area contributed by atoms with E-state index < -0.39 is 23.6 Å². The number of carbonyl (C=O) groups is 1. The van der Waals surface area contributed by atoms with Gasteiger partial charge in [0, 0.05) is 30.7 Å². The summed E-state index contributed by atoms with van der Waals surface area (Å²) < 4.78 is 56.4. The smallest absolute Gasteiger partial charge is 0.381 e. The molecule has 1 aromatic carbocycles. The Hall–Kier alpha value is -2.95. The van der Waals surface area contributed by atoms with Gasteiger partial charge in [0.05, 0.1) is 6.61 Å². The molecule has 1 aromatic heterocycles. The van der Waals surface area contributed by atoms with Gasteiger partial charge in [-0.15, -0.1) is 0 Å². The molecular weight excluding hydrogens is 382 g/mol. The number of nitrogens with one attached hydrogen (secondary N) is 3. The molecule has 2 heterocycles. The second kappa shape index (κ2) is 8.38. The maximum Gasteiger partial charge on any atom is 0.432 e. The Morgan fingerprint density at radius 3 is 2.68 bits per heavy atom. The normalized spacial score (nSPS) is 17.6. The minimum absolute atomic E-state index is 0.0681. The fourth-order valence-electron chi connectivity index (χ4n) is 2.49. The number of H-pyrrole nitrogens is 1. The Balaban J connectivity index is 1.74. The van der Waals surface area contributed by atoms with Crippen molar-refractivity contribution in [3.8, 4) is 0 Å². The van der Waals surface area contributed by atoms with Gasteiger partial charge in [0.2, 0.25) is 5.96 Å². The number of aromatic amines is 1. The molecule has 1 fully saturated rings. The molecule has 1 saturated heterocycles. The van der Waals surface area contributed by atoms with Gasteiger partial charge in [-0.2, -0.15) is 18.3 Å². The maximum absolute atomic E-state index is 13.0. The fourth-order valence-corrected chi connectivity index (χ4v) is 2.49. The van der Waals surface area contributed by atoms with E-state index in [2.05, 4.69) is 20.7 Å². The molecule has 3 N–H and O–H groups in total. The van der Waals surface area contributed by atoms with Crippen molar-refractivity contribution in [3.05, 3.63) is 47.4 Å². The molecule has 1 unspecified atom stereocenters. The van der Waals surface area contributed by atoms with Crippen LogP contribution >= 0.6 is 0 Å². The molecule has 1 aliphatic heterocycles. The summed E-state index contributed by atoms with van der Waals surface area (Å²) in [7, 11) is 0. The van der Waals surface area contributed by atoms with Gasteiger partial charge in [0.25, 0.3) is 5.91 Å². The standard InChI is InChI=1S/C17H17F4N5O2/c18-12-3-1-11(2-4-12)15(27)24-16(22-8-10-5-6-28-9-10)23-14-7-13(25-26-14)17(19,20)21/h1-4,7,10H,5-6,8-9H2,(H3,22,23,24,25,26,27). The maximum atomic E-state index is 13.0. The quantitative estimate of drug-likeness (QED) is 0.419. The molecule has 0 radical (unpaired) electrons. The van der Waals surface area contributed by atoms with Crippen molar-refractivity contribution < 1.29 is 27.1 Å². The molecule has 150 valence electrons. The van der Waals surface area contributed by atoms with Crippen LogP contribution in [0.25, 0.3) is 0 Å². The van der Waals surface area contributed by atoms with Crippen molar-refractivity contribution in [1.29, 1.82) is 0 Å². The molecule has 7 nitrogen and oxygen atoms in total. The topological polar surface area (TPSA) is 91.4 Å². The monoisotopic (exact) mass is 399 g/mol. The summed E-state index contributed by atoms with van der Waals surface area (Å²) in [5, 5.41) is 10.4. The fraction of sp³-hybridized carbons (Fsp3) is 0.353. The number of anilines is 1. The highest BCUT2D eigenvalue weighted by molar-refractivity contribution is 6.09. The zero-order valence-electron chi connectivity index (χ0n) is 14.5. The Kier molecular flexibility index (Phi) is 5.93. The first-order chi connectivity index (χ1) is 13.3. The molecule has 1 amide bonds. The number of carbonyl (C=O) groups excluding carboxylic acids is 1. The summed E-state index contributed by atoms with van der Waals surface area (Å²) in [6, 6.07) is 5.57. The summed E-state index contributed by atoms with van der Waals surface area (Å²) in [4.78, 5) is 16.6. The van der Waals surface area contributed by atoms with Crippen LogP contribution in [0.15, 0.2) is 35.3 Å². The summed E-state index contributed by atoms with van der Waals surface area (Å²) in [6.07, 6.45) is -3.79. The van der Waals surface area contributed by atoms with E-state index in [0.717, 1.165) is 24.6 Å². The molecule has 1 aliphatic rings. The average molecular weight is 399 g/mol. The van der Waals surface area contributed by atoms with Gasteiger partial charge < -0.3 is 10.1 Å². The lowest BCUT2D eigenvalue weighted by Gasteiger charge is -2.11. The number of amides is 1. The third kappa shape index (κ3) is 5.28. The zero-order chi connectivity index (χ0) is 20.1. The lowest BCUT2D eigenvalue weighted by molar-refractivity contribution is -0.141. The van der Waals surface area contributed by atoms with Crippen molar-refractivity contribution in [2.45, 2.75) is 12.6 Å². The lowest BCUT2D eigenvalue weighted by atomic mass is 10.1. The molecule has 11 heteroatoms. The number of benzene rings is 1. The highest BCUT2D eigenvalue weighted by Crippen LogP contribution is 2.28. The van der Waals surface area contributed by atoms with Crippen LogP contribution in [0.1, 0.15) is 22.5 Å². The summed E-state index contributed by atoms with van der Waals surface area (Å²) >= 11 is 0. The Morgan fingerprint density at radius 2 is 2.07 bits per heavy atom. The Labute approximate surface area is 157 Å². The minimum Gasteiger partial charge on any atom is -0.381 e. The van der Waals surface area contributed by atoms with Crippen molar-refractivity contribution >= 4 is 17.7 Å². The van der Waals surface area contributed by atoms with Crippen molar-refractivity contribution in [1.82, 2.24) is 15.5 Å². The highest BCUT2D eigenvalue weighted by atomic mass is 19.4. The Bertz CT molecular complexity index is 842. The van der Waals surface area contributed by atoms with Gasteiger partial charge in [0.1, 0.15) is 11.5 Å². The van der Waals surface area contributed by atoms with Crippen LogP contribution < -0.4 is 10.6 Å². The lowest BCUT2D eigenvalue weighted by Crippen LogP contribution is -2.36. The van der Waals surface area contributed by atoms with Gasteiger partial charge in [0.15, 0.2) is 5.82 Å². The van der Waals surface area contributed by atoms with Crippen LogP contribution in [0.2, 0.25) is 0 Å². The number of hydrogen-bond acceptors (Lipinski definition) is 4. The number of alkyl halides is 3. The van der Waals surface area contributed by atoms with E-state index in [1.54, 1.807) is 0 Å². The molecule has 0 bridgehead atoms. The molecule has 0 spiro atoms. The second-order valence-electron chi connectivity index (χ2n) is 6.17. The first-order valence-corrected chi connectivity index (χ1v) is 8.40. The van der Waals surface area contributed by atoms with E-state index in [0.29, 0.717) is 19.8 Å². The van der Waals surface area contributed by atoms with E-state index >= 15 is 0 Å². The van der Waals surface area contributed by atoms with E-state index in [9.17, 15) is 22.4 Å². The zero-order valence-corrected chi connectivity index (χ0v) is 14.5. The van der Waals surface area contributed by atoms with Crippen molar-refractivity contribution in [3.63, 3.8) is 0 Å². The number of aromatic nitrogens is 2. The van der Waals surface area contributed by atoms with Crippen LogP contribution in [-0.2, 0) is 10.9 Å². The van der Waals surface area contributed by atoms with Gasteiger partial charge in [-0.1, -0.05) is 0 Å². The van der Waals surface area contributed by atoms with E-state index in [1.807, 2.05) is 5.10 Å². The Morgan fingerprint density at radius 1 is 1.32 bits per heavy atom. The number of nitrogens with zero attached hydrogens (tertiary/aromatic N) is 2. The number of ether oxygens (including phenoxy) is 1. The number of guanidine groups is 1. The third-order valence-corrected chi connectivity index (χ3v) is 4.00. The summed E-state index contributed by atoms with van der Waals surface area (Å²) in [5.74, 6) is -1.18. The minimum atomic E-state index is -4.58. The van der Waals surface area contributed by atoms with Gasteiger partial charge in [-0.3, -0.25) is 20.2 Å². The van der Waals surface area contributed by atoms with E-state index in [-0.39, 0.29) is 23.3 Å². The van der Waals surface area contributed by atoms with E-state index in [4.69, 9.17) is 4.74 Å². The number of halogens is 4. The van der Waals surface area contributed by atoms with Crippen molar-refractivity contribution in [2.75, 3.05) is 25.1 Å². The van der Waals surface area contributed by atoms with Crippen LogP contribution in [-0.4, -0.2) is 41.8 Å². The number of aliphatic imine (C=N–C) groups is 1. The average Bonchev–Trinajstić information content (AvgIpc) is 3.31. The van der Waals surface area contributed by atoms with Crippen molar-refractivity contribution in [2.24, 2.45) is 10.9 Å². The van der Waals surface area contributed by atoms with Gasteiger partial charge >= 0.3 is 6.18 Å². The molecule has 28 heavy (non-hydrogen) atoms. The molecule has 2 aromatic rings. The van der Waals surface area contributed by atoms with E-state index in [1.165, 1.54) is 12.1 Å². The first kappa shape index (κ1) is 19.8. The molecular formula is C17H17F4N5O2. The molecule has 1 atom stereocenters. The first-order valence-electron chi connectivity index (χ1n) is 8.40. The van der Waals surface area contributed by atoms with Crippen LogP contribution in [0.5, 0.6) is 0 Å². The molecule has 0 aliphatic carbocycles. The summed E-state index contributed by atoms with van der Waals surface area (Å²) in [5.41, 5.74) is -0.874. The highest BCUT2D eigenvalue weighted by Gasteiger charge is 2.33. The predicted molar refractivity (Wildman–Crippen MR) is 92.3 cm³/mol. The van der Waals surface area contributed by atoms with Crippen LogP contribution in [0, 0.1) is 11.7 Å². The van der Waals surface area contributed by atoms with Crippen LogP contribution in [0.4, 0.5) is 23.4 Å². The third-order valence-electron chi connectivity index (χ3n) is 4.00. The van der Waals surface area contributed by atoms with Gasteiger partial charge in [-0.05, 0) is 30.7 Å². The predicted octanol–water partition coefficient (Wildman–Crippen LogP) is 2.80. The number of rotatable bonds is 4.